The molecule has 0 radical (unpaired) electrons. The summed E-state index contributed by atoms with van der Waals surface area (Å²) in [7, 11) is 0. The maximum absolute atomic E-state index is 12.6. The Labute approximate surface area is 119 Å². The van der Waals surface area contributed by atoms with Crippen LogP contribution in [-0.2, 0) is 9.53 Å². The highest BCUT2D eigenvalue weighted by Crippen LogP contribution is 2.30. The summed E-state index contributed by atoms with van der Waals surface area (Å²) in [5.41, 5.74) is -1.16. The fraction of sp³-hybridized carbons (Fsp3) is 0.857. The van der Waals surface area contributed by atoms with Crippen LogP contribution < -0.4 is 0 Å². The quantitative estimate of drug-likeness (QED) is 0.790. The van der Waals surface area contributed by atoms with Crippen molar-refractivity contribution < 1.29 is 19.4 Å². The molecule has 0 bridgehead atoms. The first-order valence-corrected chi connectivity index (χ1v) is 7.15. The molecule has 20 heavy (non-hydrogen) atoms. The average molecular weight is 284 g/mol. The van der Waals surface area contributed by atoms with E-state index in [0.717, 1.165) is 6.42 Å². The van der Waals surface area contributed by atoms with E-state index >= 15 is 0 Å². The molecule has 114 valence electrons. The second-order valence-corrected chi connectivity index (χ2v) is 6.70. The van der Waals surface area contributed by atoms with E-state index in [9.17, 15) is 14.7 Å². The average Bonchev–Trinajstić information content (AvgIpc) is 2.36. The van der Waals surface area contributed by atoms with Crippen LogP contribution in [-0.4, -0.2) is 65.3 Å². The molecule has 2 fully saturated rings. The molecule has 0 saturated carbocycles. The van der Waals surface area contributed by atoms with Crippen LogP contribution >= 0.6 is 0 Å². The molecule has 2 amide bonds. The summed E-state index contributed by atoms with van der Waals surface area (Å²) in [5, 5.41) is 9.32. The molecule has 2 heterocycles. The van der Waals surface area contributed by atoms with Crippen molar-refractivity contribution in [2.24, 2.45) is 5.41 Å². The van der Waals surface area contributed by atoms with Crippen molar-refractivity contribution >= 4 is 12.0 Å². The van der Waals surface area contributed by atoms with Crippen LogP contribution in [0.4, 0.5) is 4.79 Å². The molecule has 0 spiro atoms. The number of hydrogen-bond donors (Lipinski definition) is 1. The number of carboxylic acid groups (broad SMARTS) is 1. The van der Waals surface area contributed by atoms with Gasteiger partial charge in [0.2, 0.25) is 0 Å². The summed E-state index contributed by atoms with van der Waals surface area (Å²) >= 11 is 0. The molecule has 2 saturated heterocycles. The Kier molecular flexibility index (Phi) is 3.95. The zero-order valence-corrected chi connectivity index (χ0v) is 12.5. The molecule has 2 rings (SSSR count). The van der Waals surface area contributed by atoms with Crippen molar-refractivity contribution in [3.8, 4) is 0 Å². The molecule has 0 aromatic heterocycles. The van der Waals surface area contributed by atoms with Gasteiger partial charge in [0.25, 0.3) is 0 Å². The number of likely N-dealkylation sites (tertiary alicyclic amines) is 1. The van der Waals surface area contributed by atoms with Crippen LogP contribution in [0.5, 0.6) is 0 Å². The highest BCUT2D eigenvalue weighted by molar-refractivity contribution is 5.78. The van der Waals surface area contributed by atoms with Gasteiger partial charge in [-0.3, -0.25) is 4.79 Å². The number of carbonyl (C=O) groups excluding carboxylic acids is 1. The van der Waals surface area contributed by atoms with Crippen molar-refractivity contribution in [1.82, 2.24) is 9.80 Å². The van der Waals surface area contributed by atoms with E-state index in [-0.39, 0.29) is 11.6 Å². The summed E-state index contributed by atoms with van der Waals surface area (Å²) in [4.78, 5) is 27.4. The number of piperidine rings is 1. The summed E-state index contributed by atoms with van der Waals surface area (Å²) in [6.07, 6.45) is 1.36. The van der Waals surface area contributed by atoms with Gasteiger partial charge < -0.3 is 19.6 Å². The molecule has 1 atom stereocenters. The number of morpholine rings is 1. The Morgan fingerprint density at radius 2 is 1.75 bits per heavy atom. The number of aliphatic carboxylic acids is 1. The monoisotopic (exact) mass is 284 g/mol. The summed E-state index contributed by atoms with van der Waals surface area (Å²) < 4.78 is 5.61. The van der Waals surface area contributed by atoms with Gasteiger partial charge in [0.1, 0.15) is 0 Å². The minimum atomic E-state index is -0.824. The van der Waals surface area contributed by atoms with Crippen LogP contribution in [0.15, 0.2) is 0 Å². The number of hydrogen-bond acceptors (Lipinski definition) is 3. The fourth-order valence-corrected chi connectivity index (χ4v) is 2.96. The highest BCUT2D eigenvalue weighted by atomic mass is 16.5. The third kappa shape index (κ3) is 3.06. The Morgan fingerprint density at radius 3 is 2.35 bits per heavy atom. The lowest BCUT2D eigenvalue weighted by Crippen LogP contribution is -2.57. The zero-order valence-electron chi connectivity index (χ0n) is 12.5. The van der Waals surface area contributed by atoms with Gasteiger partial charge in [0.05, 0.1) is 24.2 Å². The smallest absolute Gasteiger partial charge is 0.320 e. The lowest BCUT2D eigenvalue weighted by Gasteiger charge is -2.43. The van der Waals surface area contributed by atoms with Gasteiger partial charge in [-0.1, -0.05) is 0 Å². The number of nitrogens with zero attached hydrogens (tertiary/aromatic N) is 2. The summed E-state index contributed by atoms with van der Waals surface area (Å²) in [5.74, 6) is -0.822. The first kappa shape index (κ1) is 15.1. The van der Waals surface area contributed by atoms with E-state index in [1.165, 1.54) is 0 Å². The predicted molar refractivity (Wildman–Crippen MR) is 73.5 cm³/mol. The molecule has 1 unspecified atom stereocenters. The number of ether oxygens (including phenoxy) is 1. The molecule has 0 aromatic carbocycles. The van der Waals surface area contributed by atoms with Crippen molar-refractivity contribution in [3.05, 3.63) is 0 Å². The lowest BCUT2D eigenvalue weighted by atomic mass is 9.82. The Hall–Kier alpha value is -1.30. The van der Waals surface area contributed by atoms with Gasteiger partial charge in [-0.15, -0.1) is 0 Å². The van der Waals surface area contributed by atoms with Crippen molar-refractivity contribution in [2.45, 2.75) is 39.2 Å². The first-order chi connectivity index (χ1) is 9.23. The van der Waals surface area contributed by atoms with E-state index in [4.69, 9.17) is 4.74 Å². The van der Waals surface area contributed by atoms with E-state index in [1.807, 2.05) is 13.8 Å². The SMILES string of the molecule is CC1(C)CN(C(=O)N2CCCC(C)(C(=O)O)C2)CCO1. The number of urea groups is 1. The molecule has 0 aromatic rings. The van der Waals surface area contributed by atoms with Crippen LogP contribution in [0.1, 0.15) is 33.6 Å². The predicted octanol–water partition coefficient (Wildman–Crippen LogP) is 1.40. The third-order valence-electron chi connectivity index (χ3n) is 4.18. The van der Waals surface area contributed by atoms with E-state index in [2.05, 4.69) is 0 Å². The topological polar surface area (TPSA) is 70.1 Å². The molecule has 2 aliphatic rings. The Balaban J connectivity index is 2.04. The minimum absolute atomic E-state index is 0.0615. The second kappa shape index (κ2) is 5.24. The zero-order chi connectivity index (χ0) is 15.0. The van der Waals surface area contributed by atoms with Crippen LogP contribution in [0.25, 0.3) is 0 Å². The number of amides is 2. The van der Waals surface area contributed by atoms with Gasteiger partial charge in [-0.25, -0.2) is 4.79 Å². The largest absolute Gasteiger partial charge is 0.481 e. The molecule has 1 N–H and O–H groups in total. The Morgan fingerprint density at radius 1 is 1.10 bits per heavy atom. The second-order valence-electron chi connectivity index (χ2n) is 6.70. The minimum Gasteiger partial charge on any atom is -0.481 e. The first-order valence-electron chi connectivity index (χ1n) is 7.15. The van der Waals surface area contributed by atoms with Crippen LogP contribution in [0, 0.1) is 5.41 Å². The van der Waals surface area contributed by atoms with Gasteiger partial charge in [0.15, 0.2) is 0 Å². The number of carboxylic acids is 1. The number of carbonyl (C=O) groups is 2. The molecule has 0 aliphatic carbocycles. The maximum Gasteiger partial charge on any atom is 0.320 e. The van der Waals surface area contributed by atoms with Crippen molar-refractivity contribution in [2.75, 3.05) is 32.8 Å². The maximum atomic E-state index is 12.6. The highest BCUT2D eigenvalue weighted by Gasteiger charge is 2.41. The Bertz CT molecular complexity index is 410. The third-order valence-corrected chi connectivity index (χ3v) is 4.18. The molecular weight excluding hydrogens is 260 g/mol. The fourth-order valence-electron chi connectivity index (χ4n) is 2.96. The normalized spacial score (nSPS) is 30.1. The summed E-state index contributed by atoms with van der Waals surface area (Å²) in [6.45, 7) is 8.22. The molecule has 6 nitrogen and oxygen atoms in total. The van der Waals surface area contributed by atoms with E-state index in [1.54, 1.807) is 16.7 Å². The summed E-state index contributed by atoms with van der Waals surface area (Å²) in [6, 6.07) is -0.0615. The van der Waals surface area contributed by atoms with Gasteiger partial charge in [-0.05, 0) is 33.6 Å². The van der Waals surface area contributed by atoms with Crippen molar-refractivity contribution in [3.63, 3.8) is 0 Å². The van der Waals surface area contributed by atoms with E-state index in [0.29, 0.717) is 39.2 Å². The van der Waals surface area contributed by atoms with Gasteiger partial charge in [0, 0.05) is 19.6 Å². The van der Waals surface area contributed by atoms with Crippen molar-refractivity contribution in [1.29, 1.82) is 0 Å². The molecule has 6 heteroatoms. The van der Waals surface area contributed by atoms with Crippen LogP contribution in [0.2, 0.25) is 0 Å². The number of rotatable bonds is 1. The standard InChI is InChI=1S/C14H24N2O4/c1-13(2)9-16(7-8-20-13)12(19)15-6-4-5-14(3,10-15)11(17)18/h4-10H2,1-3H3,(H,17,18). The van der Waals surface area contributed by atoms with E-state index < -0.39 is 11.4 Å². The lowest BCUT2D eigenvalue weighted by molar-refractivity contribution is -0.150. The molecular formula is C14H24N2O4. The van der Waals surface area contributed by atoms with Gasteiger partial charge >= 0.3 is 12.0 Å². The molecule has 2 aliphatic heterocycles. The van der Waals surface area contributed by atoms with Gasteiger partial charge in [-0.2, -0.15) is 0 Å². The van der Waals surface area contributed by atoms with Crippen LogP contribution in [0.3, 0.4) is 0 Å².